The number of sulfone groups is 1. The highest BCUT2D eigenvalue weighted by Crippen LogP contribution is 2.63. The van der Waals surface area contributed by atoms with Crippen molar-refractivity contribution in [1.29, 1.82) is 0 Å². The summed E-state index contributed by atoms with van der Waals surface area (Å²) in [6.07, 6.45) is 2.99. The van der Waals surface area contributed by atoms with Crippen molar-refractivity contribution >= 4 is 27.4 Å². The van der Waals surface area contributed by atoms with Crippen molar-refractivity contribution in [3.63, 3.8) is 0 Å². The Morgan fingerprint density at radius 1 is 1.23 bits per heavy atom. The first-order valence-electron chi connectivity index (χ1n) is 9.55. The number of hydrazone groups is 1. The summed E-state index contributed by atoms with van der Waals surface area (Å²) in [5.41, 5.74) is 3.36. The highest BCUT2D eigenvalue weighted by Gasteiger charge is 2.60. The van der Waals surface area contributed by atoms with E-state index in [0.717, 1.165) is 49.2 Å². The van der Waals surface area contributed by atoms with Gasteiger partial charge in [0.25, 0.3) is 5.91 Å². The number of nitrogens with zero attached hydrogens (tertiary/aromatic N) is 1. The Balaban J connectivity index is 1.55. The molecule has 10 heteroatoms. The van der Waals surface area contributed by atoms with Gasteiger partial charge >= 0.3 is 11.7 Å². The van der Waals surface area contributed by atoms with Crippen molar-refractivity contribution in [3.8, 4) is 0 Å². The number of nitrogens with one attached hydrogen (secondary N) is 1. The van der Waals surface area contributed by atoms with E-state index in [0.29, 0.717) is 5.92 Å². The van der Waals surface area contributed by atoms with E-state index in [4.69, 9.17) is 4.74 Å². The number of halogens is 2. The summed E-state index contributed by atoms with van der Waals surface area (Å²) in [6.45, 7) is 6.02. The van der Waals surface area contributed by atoms with E-state index in [1.807, 2.05) is 0 Å². The van der Waals surface area contributed by atoms with Gasteiger partial charge < -0.3 is 4.74 Å². The largest absolute Gasteiger partial charge is 0.452 e. The van der Waals surface area contributed by atoms with Crippen LogP contribution in [-0.2, 0) is 19.4 Å². The van der Waals surface area contributed by atoms with E-state index in [-0.39, 0.29) is 16.4 Å². The maximum absolute atomic E-state index is 12.5. The fraction of sp³-hybridized carbons (Fsp3) is 0.550. The summed E-state index contributed by atoms with van der Waals surface area (Å²) in [4.78, 5) is 23.4. The molecule has 0 radical (unpaired) electrons. The molecule has 2 aliphatic rings. The van der Waals surface area contributed by atoms with Crippen molar-refractivity contribution < 1.29 is 31.5 Å². The van der Waals surface area contributed by atoms with Crippen molar-refractivity contribution in [3.05, 3.63) is 29.8 Å². The molecule has 3 rings (SSSR count). The van der Waals surface area contributed by atoms with Crippen LogP contribution >= 0.6 is 0 Å². The Morgan fingerprint density at radius 2 is 1.87 bits per heavy atom. The van der Waals surface area contributed by atoms with Gasteiger partial charge in [-0.1, -0.05) is 20.8 Å². The van der Waals surface area contributed by atoms with Crippen LogP contribution in [0.5, 0.6) is 0 Å². The number of esters is 1. The molecule has 1 amide bonds. The third-order valence-corrected chi connectivity index (χ3v) is 8.21. The number of fused-ring (bicyclic) bond motifs is 2. The molecule has 0 heterocycles. The van der Waals surface area contributed by atoms with E-state index in [1.54, 1.807) is 0 Å². The molecule has 1 aromatic carbocycles. The SMILES string of the molecule is CC12CCC(C/C1=N/NC(=O)COC(=O)c1ccc(S(=O)(=O)C(F)F)cc1)C2(C)C. The predicted molar refractivity (Wildman–Crippen MR) is 105 cm³/mol. The summed E-state index contributed by atoms with van der Waals surface area (Å²) in [5, 5.41) is 4.27. The van der Waals surface area contributed by atoms with Gasteiger partial charge in [-0.3, -0.25) is 4.79 Å². The number of hydrogen-bond donors (Lipinski definition) is 1. The molecule has 0 aliphatic heterocycles. The maximum Gasteiger partial charge on any atom is 0.341 e. The predicted octanol–water partition coefficient (Wildman–Crippen LogP) is 3.16. The lowest BCUT2D eigenvalue weighted by atomic mass is 9.70. The second-order valence-corrected chi connectivity index (χ2v) is 10.4. The normalized spacial score (nSPS) is 26.2. The second-order valence-electron chi connectivity index (χ2n) is 8.49. The smallest absolute Gasteiger partial charge is 0.341 e. The molecule has 0 spiro atoms. The molecular formula is C20H24F2N2O5S. The van der Waals surface area contributed by atoms with Gasteiger partial charge in [0.05, 0.1) is 10.5 Å². The van der Waals surface area contributed by atoms with Crippen LogP contribution in [0.4, 0.5) is 8.78 Å². The summed E-state index contributed by atoms with van der Waals surface area (Å²) < 4.78 is 52.7. The van der Waals surface area contributed by atoms with Crippen LogP contribution < -0.4 is 5.43 Å². The lowest BCUT2D eigenvalue weighted by Gasteiger charge is -2.34. The standard InChI is InChI=1S/C20H24F2N2O5S/c1-19(2)13-8-9-20(19,3)15(10-13)23-24-16(25)11-29-17(26)12-4-6-14(7-5-12)30(27,28)18(21)22/h4-7,13,18H,8-11H2,1-3H3,(H,24,25)/b23-15-. The van der Waals surface area contributed by atoms with Gasteiger partial charge in [-0.25, -0.2) is 18.6 Å². The van der Waals surface area contributed by atoms with Gasteiger partial charge in [-0.2, -0.15) is 13.9 Å². The van der Waals surface area contributed by atoms with E-state index < -0.39 is 39.0 Å². The van der Waals surface area contributed by atoms with E-state index >= 15 is 0 Å². The highest BCUT2D eigenvalue weighted by molar-refractivity contribution is 7.91. The summed E-state index contributed by atoms with van der Waals surface area (Å²) in [5.74, 6) is -4.50. The molecule has 2 atom stereocenters. The third kappa shape index (κ3) is 3.73. The van der Waals surface area contributed by atoms with Crippen LogP contribution in [0.2, 0.25) is 0 Å². The molecule has 2 aliphatic carbocycles. The first-order chi connectivity index (χ1) is 13.9. The number of ether oxygens (including phenoxy) is 1. The Labute approximate surface area is 173 Å². The van der Waals surface area contributed by atoms with Gasteiger partial charge in [-0.15, -0.1) is 0 Å². The van der Waals surface area contributed by atoms with Crippen molar-refractivity contribution in [2.24, 2.45) is 21.8 Å². The molecule has 1 aromatic rings. The van der Waals surface area contributed by atoms with Crippen molar-refractivity contribution in [1.82, 2.24) is 5.43 Å². The minimum absolute atomic E-state index is 0.0651. The van der Waals surface area contributed by atoms with Crippen LogP contribution in [0.15, 0.2) is 34.3 Å². The maximum atomic E-state index is 12.5. The number of rotatable bonds is 6. The molecule has 2 fully saturated rings. The third-order valence-electron chi connectivity index (χ3n) is 6.82. The summed E-state index contributed by atoms with van der Waals surface area (Å²) >= 11 is 0. The molecule has 30 heavy (non-hydrogen) atoms. The fourth-order valence-electron chi connectivity index (χ4n) is 4.36. The van der Waals surface area contributed by atoms with Crippen LogP contribution in [0.25, 0.3) is 0 Å². The number of carbonyl (C=O) groups is 2. The zero-order chi connectivity index (χ0) is 22.3. The zero-order valence-corrected chi connectivity index (χ0v) is 17.8. The molecule has 0 saturated heterocycles. The molecule has 2 unspecified atom stereocenters. The first kappa shape index (κ1) is 22.3. The Hall–Kier alpha value is -2.36. The average molecular weight is 442 g/mol. The minimum atomic E-state index is -4.74. The second kappa shape index (κ2) is 7.72. The number of alkyl halides is 2. The van der Waals surface area contributed by atoms with Crippen molar-refractivity contribution in [2.45, 2.75) is 50.7 Å². The number of amides is 1. The van der Waals surface area contributed by atoms with Gasteiger partial charge in [0, 0.05) is 11.1 Å². The van der Waals surface area contributed by atoms with E-state index in [1.165, 1.54) is 0 Å². The summed E-state index contributed by atoms with van der Waals surface area (Å²) in [7, 11) is -4.74. The number of carbonyl (C=O) groups excluding carboxylic acids is 2. The van der Waals surface area contributed by atoms with Gasteiger partial charge in [0.15, 0.2) is 6.61 Å². The molecular weight excluding hydrogens is 418 g/mol. The Kier molecular flexibility index (Phi) is 5.74. The van der Waals surface area contributed by atoms with Gasteiger partial charge in [-0.05, 0) is 54.9 Å². The van der Waals surface area contributed by atoms with Crippen LogP contribution in [0.3, 0.4) is 0 Å². The number of hydrogen-bond acceptors (Lipinski definition) is 6. The van der Waals surface area contributed by atoms with Gasteiger partial charge in [0.2, 0.25) is 9.84 Å². The summed E-state index contributed by atoms with van der Waals surface area (Å²) in [6, 6.07) is 3.88. The van der Waals surface area contributed by atoms with Crippen LogP contribution in [0, 0.1) is 16.7 Å². The molecule has 1 N–H and O–H groups in total. The highest BCUT2D eigenvalue weighted by atomic mass is 32.2. The van der Waals surface area contributed by atoms with Crippen LogP contribution in [-0.4, -0.2) is 38.4 Å². The van der Waals surface area contributed by atoms with Crippen LogP contribution in [0.1, 0.15) is 50.4 Å². The average Bonchev–Trinajstić information content (AvgIpc) is 3.03. The Morgan fingerprint density at radius 3 is 2.37 bits per heavy atom. The van der Waals surface area contributed by atoms with Crippen molar-refractivity contribution in [2.75, 3.05) is 6.61 Å². The van der Waals surface area contributed by atoms with E-state index in [2.05, 4.69) is 31.3 Å². The molecule has 164 valence electrons. The Bertz CT molecular complexity index is 989. The quantitative estimate of drug-likeness (QED) is 0.539. The first-order valence-corrected chi connectivity index (χ1v) is 11.1. The fourth-order valence-corrected chi connectivity index (χ4v) is 5.08. The molecule has 7 nitrogen and oxygen atoms in total. The lowest BCUT2D eigenvalue weighted by molar-refractivity contribution is -0.124. The topological polar surface area (TPSA) is 102 Å². The molecule has 0 aromatic heterocycles. The van der Waals surface area contributed by atoms with E-state index in [9.17, 15) is 26.8 Å². The number of benzene rings is 1. The molecule has 2 bridgehead atoms. The lowest BCUT2D eigenvalue weighted by Crippen LogP contribution is -2.34. The monoisotopic (exact) mass is 442 g/mol. The van der Waals surface area contributed by atoms with Gasteiger partial charge in [0.1, 0.15) is 0 Å². The molecule has 2 saturated carbocycles. The minimum Gasteiger partial charge on any atom is -0.452 e. The zero-order valence-electron chi connectivity index (χ0n) is 16.9.